The van der Waals surface area contributed by atoms with Gasteiger partial charge in [-0.2, -0.15) is 0 Å². The van der Waals surface area contributed by atoms with Gasteiger partial charge in [-0.25, -0.2) is 0 Å². The van der Waals surface area contributed by atoms with Gasteiger partial charge in [0.05, 0.1) is 19.1 Å². The third kappa shape index (κ3) is 5.32. The van der Waals surface area contributed by atoms with Crippen LogP contribution in [0.1, 0.15) is 24.9 Å². The molecule has 1 N–H and O–H groups in total. The summed E-state index contributed by atoms with van der Waals surface area (Å²) in [6.45, 7) is 1.17. The molecule has 0 aliphatic rings. The van der Waals surface area contributed by atoms with Gasteiger partial charge >= 0.3 is 5.97 Å². The Bertz CT molecular complexity index is 792. The molecule has 26 heavy (non-hydrogen) atoms. The maximum Gasteiger partial charge on any atom is 0.325 e. The van der Waals surface area contributed by atoms with Gasteiger partial charge in [0.2, 0.25) is 5.78 Å². The average molecular weight is 377 g/mol. The molecule has 2 aromatic rings. The molecule has 0 aliphatic carbocycles. The second-order valence-electron chi connectivity index (χ2n) is 5.28. The molecule has 0 bridgehead atoms. The topological polar surface area (TPSA) is 90.9 Å². The number of ketones is 1. The zero-order valence-electron chi connectivity index (χ0n) is 14.7. The largest absolute Gasteiger partial charge is 0.497 e. The molecular weight excluding hydrogens is 358 g/mol. The zero-order valence-corrected chi connectivity index (χ0v) is 15.5. The number of hydrogen-bond donors (Lipinski definition) is 1. The molecule has 1 heterocycles. The van der Waals surface area contributed by atoms with Gasteiger partial charge in [-0.3, -0.25) is 14.4 Å². The quantitative estimate of drug-likeness (QED) is 0.560. The molecule has 2 rings (SSSR count). The molecule has 0 saturated carbocycles. The van der Waals surface area contributed by atoms with Crippen LogP contribution in [0.5, 0.6) is 11.5 Å². The highest BCUT2D eigenvalue weighted by Gasteiger charge is 2.14. The monoisotopic (exact) mass is 377 g/mol. The van der Waals surface area contributed by atoms with E-state index < -0.39 is 11.9 Å². The van der Waals surface area contributed by atoms with Crippen LogP contribution >= 0.6 is 11.3 Å². The van der Waals surface area contributed by atoms with Crippen molar-refractivity contribution >= 4 is 29.0 Å². The minimum absolute atomic E-state index is 0.277. The van der Waals surface area contributed by atoms with Crippen molar-refractivity contribution in [2.45, 2.75) is 6.92 Å². The Balaban J connectivity index is 1.85. The highest BCUT2D eigenvalue weighted by atomic mass is 32.1. The van der Waals surface area contributed by atoms with Gasteiger partial charge in [0.25, 0.3) is 5.91 Å². The molecule has 0 spiro atoms. The number of methoxy groups -OCH3 is 2. The van der Waals surface area contributed by atoms with Gasteiger partial charge in [0.1, 0.15) is 18.0 Å². The number of carbonyl (C=O) groups excluding carboxylic acids is 3. The van der Waals surface area contributed by atoms with Crippen LogP contribution in [0, 0.1) is 6.92 Å². The lowest BCUT2D eigenvalue weighted by atomic mass is 10.2. The van der Waals surface area contributed by atoms with Crippen LogP contribution in [-0.4, -0.2) is 45.0 Å². The lowest BCUT2D eigenvalue weighted by Crippen LogP contribution is -2.31. The van der Waals surface area contributed by atoms with Crippen LogP contribution in [-0.2, 0) is 9.53 Å². The van der Waals surface area contributed by atoms with E-state index in [-0.39, 0.29) is 24.5 Å². The van der Waals surface area contributed by atoms with E-state index >= 15 is 0 Å². The Hall–Kier alpha value is -2.87. The maximum absolute atomic E-state index is 12.2. The van der Waals surface area contributed by atoms with E-state index in [0.717, 1.165) is 4.88 Å². The standard InChI is InChI=1S/C18H19NO6S/c1-11-4-5-16(26-11)15(20)10-25-17(21)9-19-18(22)12-6-13(23-2)8-14(7-12)24-3/h4-8H,9-10H2,1-3H3,(H,19,22). The van der Waals surface area contributed by atoms with E-state index in [1.807, 2.05) is 13.0 Å². The van der Waals surface area contributed by atoms with Gasteiger partial charge < -0.3 is 19.5 Å². The summed E-state index contributed by atoms with van der Waals surface area (Å²) in [5.74, 6) is -0.558. The van der Waals surface area contributed by atoms with E-state index in [4.69, 9.17) is 14.2 Å². The second kappa shape index (κ2) is 9.00. The van der Waals surface area contributed by atoms with Crippen LogP contribution in [0.4, 0.5) is 0 Å². The van der Waals surface area contributed by atoms with Gasteiger partial charge in [-0.15, -0.1) is 11.3 Å². The third-order valence-electron chi connectivity index (χ3n) is 3.39. The van der Waals surface area contributed by atoms with E-state index in [1.165, 1.54) is 37.7 Å². The number of benzene rings is 1. The van der Waals surface area contributed by atoms with Crippen LogP contribution in [0.25, 0.3) is 0 Å². The van der Waals surface area contributed by atoms with E-state index in [9.17, 15) is 14.4 Å². The molecule has 0 aliphatic heterocycles. The summed E-state index contributed by atoms with van der Waals surface area (Å²) in [5.41, 5.74) is 0.277. The molecule has 138 valence electrons. The van der Waals surface area contributed by atoms with Crippen LogP contribution in [0.3, 0.4) is 0 Å². The number of hydrogen-bond acceptors (Lipinski definition) is 7. The third-order valence-corrected chi connectivity index (χ3v) is 4.43. The lowest BCUT2D eigenvalue weighted by molar-refractivity contribution is -0.141. The number of esters is 1. The van der Waals surface area contributed by atoms with Crippen molar-refractivity contribution in [1.82, 2.24) is 5.32 Å². The van der Waals surface area contributed by atoms with Crippen molar-refractivity contribution in [2.24, 2.45) is 0 Å². The van der Waals surface area contributed by atoms with E-state index in [1.54, 1.807) is 12.1 Å². The van der Waals surface area contributed by atoms with Crippen molar-refractivity contribution in [1.29, 1.82) is 0 Å². The molecule has 7 nitrogen and oxygen atoms in total. The summed E-state index contributed by atoms with van der Waals surface area (Å²) in [7, 11) is 2.94. The zero-order chi connectivity index (χ0) is 19.1. The maximum atomic E-state index is 12.2. The van der Waals surface area contributed by atoms with E-state index in [0.29, 0.717) is 16.4 Å². The fourth-order valence-electron chi connectivity index (χ4n) is 2.05. The normalized spacial score (nSPS) is 10.1. The summed E-state index contributed by atoms with van der Waals surface area (Å²) in [6.07, 6.45) is 0. The SMILES string of the molecule is COc1cc(OC)cc(C(=O)NCC(=O)OCC(=O)c2ccc(C)s2)c1. The molecule has 0 atom stereocenters. The van der Waals surface area contributed by atoms with E-state index in [2.05, 4.69) is 5.32 Å². The van der Waals surface area contributed by atoms with Crippen LogP contribution in [0.15, 0.2) is 30.3 Å². The first kappa shape index (κ1) is 19.5. The van der Waals surface area contributed by atoms with Gasteiger partial charge in [0, 0.05) is 16.5 Å². The first-order valence-corrected chi connectivity index (χ1v) is 8.51. The minimum Gasteiger partial charge on any atom is -0.497 e. The Kier molecular flexibility index (Phi) is 6.74. The van der Waals surface area contributed by atoms with Crippen molar-refractivity contribution in [3.8, 4) is 11.5 Å². The summed E-state index contributed by atoms with van der Waals surface area (Å²) in [4.78, 5) is 37.3. The minimum atomic E-state index is -0.699. The van der Waals surface area contributed by atoms with Crippen molar-refractivity contribution in [2.75, 3.05) is 27.4 Å². The second-order valence-corrected chi connectivity index (χ2v) is 6.57. The molecule has 1 aromatic carbocycles. The number of carbonyl (C=O) groups is 3. The Morgan fingerprint density at radius 1 is 1.04 bits per heavy atom. The molecule has 8 heteroatoms. The highest BCUT2D eigenvalue weighted by molar-refractivity contribution is 7.14. The predicted molar refractivity (Wildman–Crippen MR) is 96.2 cm³/mol. The Morgan fingerprint density at radius 2 is 1.69 bits per heavy atom. The fourth-order valence-corrected chi connectivity index (χ4v) is 2.84. The van der Waals surface area contributed by atoms with Crippen LogP contribution < -0.4 is 14.8 Å². The molecule has 0 unspecified atom stereocenters. The summed E-state index contributed by atoms with van der Waals surface area (Å²) in [6, 6.07) is 8.18. The molecule has 0 saturated heterocycles. The number of aryl methyl sites for hydroxylation is 1. The van der Waals surface area contributed by atoms with Gasteiger partial charge in [-0.05, 0) is 31.2 Å². The van der Waals surface area contributed by atoms with Gasteiger partial charge in [0.15, 0.2) is 6.61 Å². The van der Waals surface area contributed by atoms with Gasteiger partial charge in [-0.1, -0.05) is 0 Å². The molecule has 1 aromatic heterocycles. The first-order valence-electron chi connectivity index (χ1n) is 7.69. The first-order chi connectivity index (χ1) is 12.4. The summed E-state index contributed by atoms with van der Waals surface area (Å²) in [5, 5.41) is 2.44. The predicted octanol–water partition coefficient (Wildman–Crippen LogP) is 2.23. The molecule has 1 amide bonds. The summed E-state index contributed by atoms with van der Waals surface area (Å²) < 4.78 is 15.1. The van der Waals surface area contributed by atoms with Crippen molar-refractivity contribution < 1.29 is 28.6 Å². The summed E-state index contributed by atoms with van der Waals surface area (Å²) >= 11 is 1.34. The number of nitrogens with one attached hydrogen (secondary N) is 1. The number of ether oxygens (including phenoxy) is 3. The van der Waals surface area contributed by atoms with Crippen molar-refractivity contribution in [3.63, 3.8) is 0 Å². The number of amides is 1. The molecule has 0 radical (unpaired) electrons. The molecule has 0 fully saturated rings. The Morgan fingerprint density at radius 3 is 2.23 bits per heavy atom. The number of rotatable bonds is 8. The lowest BCUT2D eigenvalue weighted by Gasteiger charge is -2.09. The number of thiophene rings is 1. The number of Topliss-reactive ketones (excluding diaryl/α,β-unsaturated/α-hetero) is 1. The van der Waals surface area contributed by atoms with Crippen molar-refractivity contribution in [3.05, 3.63) is 45.6 Å². The smallest absolute Gasteiger partial charge is 0.325 e. The van der Waals surface area contributed by atoms with Crippen LogP contribution in [0.2, 0.25) is 0 Å². The highest BCUT2D eigenvalue weighted by Crippen LogP contribution is 2.22. The fraction of sp³-hybridized carbons (Fsp3) is 0.278. The average Bonchev–Trinajstić information content (AvgIpc) is 3.09. The Labute approximate surface area is 154 Å². The molecular formula is C18H19NO6S.